The maximum Gasteiger partial charge on any atom is 0.269 e. The van der Waals surface area contributed by atoms with Crippen LogP contribution in [-0.4, -0.2) is 16.4 Å². The van der Waals surface area contributed by atoms with Crippen LogP contribution in [0.1, 0.15) is 18.0 Å². The van der Waals surface area contributed by atoms with E-state index in [-0.39, 0.29) is 29.6 Å². The molecule has 0 bridgehead atoms. The van der Waals surface area contributed by atoms with Crippen LogP contribution in [0, 0.1) is 21.4 Å². The molecule has 7 heteroatoms. The van der Waals surface area contributed by atoms with Gasteiger partial charge in [0.25, 0.3) is 5.69 Å². The van der Waals surface area contributed by atoms with Gasteiger partial charge in [0.15, 0.2) is 5.78 Å². The van der Waals surface area contributed by atoms with Gasteiger partial charge in [0, 0.05) is 18.6 Å². The largest absolute Gasteiger partial charge is 0.291 e. The Hall–Kier alpha value is -3.53. The molecule has 0 fully saturated rings. The van der Waals surface area contributed by atoms with Gasteiger partial charge in [-0.3, -0.25) is 19.9 Å². The number of non-ortho nitro benzene ring substituents is 1. The molecule has 118 valence electrons. The predicted octanol–water partition coefficient (Wildman–Crippen LogP) is 2.99. The maximum absolute atomic E-state index is 12.1. The summed E-state index contributed by atoms with van der Waals surface area (Å²) in [6.45, 7) is 0. The van der Waals surface area contributed by atoms with Crippen molar-refractivity contribution in [2.24, 2.45) is 5.10 Å². The van der Waals surface area contributed by atoms with Gasteiger partial charge in [-0.05, 0) is 17.7 Å². The SMILES string of the molecule is N#CC1=NN(c2ccc([N+](=O)[O-])cc2)C(c2ccccc2)CC1=O. The van der Waals surface area contributed by atoms with Gasteiger partial charge in [0.05, 0.1) is 16.7 Å². The first kappa shape index (κ1) is 15.4. The topological polar surface area (TPSA) is 99.6 Å². The summed E-state index contributed by atoms with van der Waals surface area (Å²) in [6, 6.07) is 16.6. The zero-order valence-corrected chi connectivity index (χ0v) is 12.5. The first-order chi connectivity index (χ1) is 11.6. The van der Waals surface area contributed by atoms with Crippen molar-refractivity contribution < 1.29 is 9.72 Å². The molecule has 0 amide bonds. The third kappa shape index (κ3) is 2.85. The van der Waals surface area contributed by atoms with E-state index in [1.165, 1.54) is 12.1 Å². The van der Waals surface area contributed by atoms with E-state index in [0.717, 1.165) is 5.56 Å². The Morgan fingerprint density at radius 2 is 1.83 bits per heavy atom. The van der Waals surface area contributed by atoms with Crippen molar-refractivity contribution in [3.05, 3.63) is 70.3 Å². The fourth-order valence-corrected chi connectivity index (χ4v) is 2.58. The molecule has 7 nitrogen and oxygen atoms in total. The van der Waals surface area contributed by atoms with Crippen molar-refractivity contribution >= 4 is 22.9 Å². The van der Waals surface area contributed by atoms with E-state index in [1.807, 2.05) is 30.3 Å². The quantitative estimate of drug-likeness (QED) is 0.639. The molecular formula is C17H12N4O3. The van der Waals surface area contributed by atoms with Crippen molar-refractivity contribution in [2.45, 2.75) is 12.5 Å². The van der Waals surface area contributed by atoms with E-state index in [0.29, 0.717) is 5.69 Å². The van der Waals surface area contributed by atoms with Crippen molar-refractivity contribution in [1.82, 2.24) is 0 Å². The minimum atomic E-state index is -0.484. The highest BCUT2D eigenvalue weighted by Crippen LogP contribution is 2.34. The third-order valence-electron chi connectivity index (χ3n) is 3.76. The highest BCUT2D eigenvalue weighted by atomic mass is 16.6. The van der Waals surface area contributed by atoms with Gasteiger partial charge >= 0.3 is 0 Å². The Bertz CT molecular complexity index is 854. The number of nitro groups is 1. The van der Waals surface area contributed by atoms with Crippen molar-refractivity contribution in [2.75, 3.05) is 5.01 Å². The molecule has 2 aromatic carbocycles. The molecule has 2 aromatic rings. The van der Waals surface area contributed by atoms with Gasteiger partial charge in [0.1, 0.15) is 6.07 Å². The highest BCUT2D eigenvalue weighted by molar-refractivity contribution is 6.46. The number of nitriles is 1. The number of hydrazone groups is 1. The normalized spacial score (nSPS) is 17.1. The lowest BCUT2D eigenvalue weighted by atomic mass is 9.97. The molecule has 1 aliphatic heterocycles. The zero-order valence-electron chi connectivity index (χ0n) is 12.5. The van der Waals surface area contributed by atoms with Crippen LogP contribution in [0.15, 0.2) is 59.7 Å². The minimum Gasteiger partial charge on any atom is -0.291 e. The van der Waals surface area contributed by atoms with E-state index in [1.54, 1.807) is 23.2 Å². The number of Topliss-reactive ketones (excluding diaryl/α,β-unsaturated/α-hetero) is 1. The van der Waals surface area contributed by atoms with E-state index < -0.39 is 4.92 Å². The summed E-state index contributed by atoms with van der Waals surface area (Å²) in [7, 11) is 0. The molecule has 24 heavy (non-hydrogen) atoms. The van der Waals surface area contributed by atoms with Gasteiger partial charge < -0.3 is 0 Å². The molecule has 1 aliphatic rings. The number of hydrogen-bond donors (Lipinski definition) is 0. The summed E-state index contributed by atoms with van der Waals surface area (Å²) in [5.74, 6) is -0.315. The zero-order chi connectivity index (χ0) is 17.1. The van der Waals surface area contributed by atoms with E-state index in [9.17, 15) is 14.9 Å². The van der Waals surface area contributed by atoms with Crippen LogP contribution in [0.25, 0.3) is 0 Å². The standard InChI is InChI=1S/C17H12N4O3/c18-11-15-17(22)10-16(12-4-2-1-3-5-12)20(19-15)13-6-8-14(9-7-13)21(23)24/h1-9,16H,10H2. The molecule has 0 saturated heterocycles. The summed E-state index contributed by atoms with van der Waals surface area (Å²) in [5, 5.41) is 25.6. The Labute approximate surface area is 137 Å². The summed E-state index contributed by atoms with van der Waals surface area (Å²) < 4.78 is 0. The second-order valence-corrected chi connectivity index (χ2v) is 5.23. The molecule has 1 unspecified atom stereocenters. The number of nitro benzene ring substituents is 1. The van der Waals surface area contributed by atoms with Gasteiger partial charge in [-0.2, -0.15) is 10.4 Å². The van der Waals surface area contributed by atoms with E-state index in [4.69, 9.17) is 5.26 Å². The van der Waals surface area contributed by atoms with Crippen molar-refractivity contribution in [1.29, 1.82) is 5.26 Å². The van der Waals surface area contributed by atoms with Crippen LogP contribution in [0.3, 0.4) is 0 Å². The molecule has 0 spiro atoms. The Morgan fingerprint density at radius 3 is 2.42 bits per heavy atom. The lowest BCUT2D eigenvalue weighted by Gasteiger charge is -2.32. The first-order valence-electron chi connectivity index (χ1n) is 7.20. The lowest BCUT2D eigenvalue weighted by Crippen LogP contribution is -2.34. The number of anilines is 1. The molecule has 1 atom stereocenters. The van der Waals surface area contributed by atoms with E-state index in [2.05, 4.69) is 5.10 Å². The number of carbonyl (C=O) groups is 1. The van der Waals surface area contributed by atoms with Crippen molar-refractivity contribution in [3.8, 4) is 6.07 Å². The predicted molar refractivity (Wildman–Crippen MR) is 87.4 cm³/mol. The number of rotatable bonds is 3. The Morgan fingerprint density at radius 1 is 1.17 bits per heavy atom. The van der Waals surface area contributed by atoms with Crippen LogP contribution < -0.4 is 5.01 Å². The second-order valence-electron chi connectivity index (χ2n) is 5.23. The molecule has 0 aromatic heterocycles. The van der Waals surface area contributed by atoms with Crippen LogP contribution in [0.2, 0.25) is 0 Å². The highest BCUT2D eigenvalue weighted by Gasteiger charge is 2.31. The molecule has 3 rings (SSSR count). The van der Waals surface area contributed by atoms with Crippen molar-refractivity contribution in [3.63, 3.8) is 0 Å². The monoisotopic (exact) mass is 320 g/mol. The smallest absolute Gasteiger partial charge is 0.269 e. The molecule has 0 aliphatic carbocycles. The Kier molecular flexibility index (Phi) is 4.03. The number of carbonyl (C=O) groups excluding carboxylic acids is 1. The summed E-state index contributed by atoms with van der Waals surface area (Å²) in [5.41, 5.74) is 1.26. The fraction of sp³-hybridized carbons (Fsp3) is 0.118. The second kappa shape index (κ2) is 6.30. The molecule has 1 heterocycles. The van der Waals surface area contributed by atoms with Crippen LogP contribution in [-0.2, 0) is 4.79 Å². The number of ketones is 1. The van der Waals surface area contributed by atoms with Gasteiger partial charge in [0.2, 0.25) is 5.71 Å². The number of hydrogen-bond acceptors (Lipinski definition) is 6. The fourth-order valence-electron chi connectivity index (χ4n) is 2.58. The number of benzene rings is 2. The molecule has 0 radical (unpaired) electrons. The average Bonchev–Trinajstić information content (AvgIpc) is 2.62. The molecule has 0 N–H and O–H groups in total. The van der Waals surface area contributed by atoms with Crippen LogP contribution in [0.4, 0.5) is 11.4 Å². The molecular weight excluding hydrogens is 308 g/mol. The van der Waals surface area contributed by atoms with Gasteiger partial charge in [-0.25, -0.2) is 0 Å². The average molecular weight is 320 g/mol. The van der Waals surface area contributed by atoms with Crippen LogP contribution in [0.5, 0.6) is 0 Å². The number of nitrogens with zero attached hydrogens (tertiary/aromatic N) is 4. The Balaban J connectivity index is 2.05. The maximum atomic E-state index is 12.1. The minimum absolute atomic E-state index is 0.0346. The molecule has 0 saturated carbocycles. The van der Waals surface area contributed by atoms with Gasteiger partial charge in [-0.1, -0.05) is 30.3 Å². The summed E-state index contributed by atoms with van der Waals surface area (Å²) >= 11 is 0. The lowest BCUT2D eigenvalue weighted by molar-refractivity contribution is -0.384. The summed E-state index contributed by atoms with van der Waals surface area (Å²) in [4.78, 5) is 22.4. The van der Waals surface area contributed by atoms with Crippen LogP contribution >= 0.6 is 0 Å². The first-order valence-corrected chi connectivity index (χ1v) is 7.20. The van der Waals surface area contributed by atoms with E-state index >= 15 is 0 Å². The third-order valence-corrected chi connectivity index (χ3v) is 3.76. The summed E-state index contributed by atoms with van der Waals surface area (Å²) in [6.07, 6.45) is 0.118. The van der Waals surface area contributed by atoms with Gasteiger partial charge in [-0.15, -0.1) is 0 Å².